The maximum absolute atomic E-state index is 10.8. The molecule has 0 amide bonds. The highest BCUT2D eigenvalue weighted by molar-refractivity contribution is 5.39. The topological polar surface area (TPSA) is 75.0 Å². The van der Waals surface area contributed by atoms with Gasteiger partial charge in [-0.2, -0.15) is 0 Å². The van der Waals surface area contributed by atoms with Gasteiger partial charge in [-0.3, -0.25) is 4.98 Å². The van der Waals surface area contributed by atoms with Gasteiger partial charge in [-0.15, -0.1) is 0 Å². The molecule has 1 aliphatic heterocycles. The van der Waals surface area contributed by atoms with Gasteiger partial charge in [0.05, 0.1) is 12.7 Å². The summed E-state index contributed by atoms with van der Waals surface area (Å²) in [6, 6.07) is 11.1. The van der Waals surface area contributed by atoms with Gasteiger partial charge in [0.25, 0.3) is 0 Å². The fraction of sp³-hybridized carbons (Fsp3) is 0.450. The van der Waals surface area contributed by atoms with Crippen molar-refractivity contribution in [1.82, 2.24) is 9.88 Å². The number of methoxy groups -OCH3 is 1. The molecule has 26 heavy (non-hydrogen) atoms. The lowest BCUT2D eigenvalue weighted by atomic mass is 9.85. The summed E-state index contributed by atoms with van der Waals surface area (Å²) in [5.41, 5.74) is 0.0311. The zero-order chi connectivity index (χ0) is 18.4. The number of β-amino-alcohol motifs (C(OH)–C–C–N with tert-alkyl or cyclic N) is 1. The van der Waals surface area contributed by atoms with Gasteiger partial charge in [-0.05, 0) is 31.0 Å². The zero-order valence-electron chi connectivity index (χ0n) is 15.0. The van der Waals surface area contributed by atoms with Crippen LogP contribution in [0.5, 0.6) is 11.5 Å². The summed E-state index contributed by atoms with van der Waals surface area (Å²) < 4.78 is 10.9. The number of pyridine rings is 1. The number of benzene rings is 1. The van der Waals surface area contributed by atoms with E-state index in [1.807, 2.05) is 36.4 Å². The van der Waals surface area contributed by atoms with Crippen molar-refractivity contribution in [2.24, 2.45) is 0 Å². The minimum absolute atomic E-state index is 0.198. The van der Waals surface area contributed by atoms with Crippen LogP contribution >= 0.6 is 0 Å². The first-order valence-electron chi connectivity index (χ1n) is 8.90. The highest BCUT2D eigenvalue weighted by Crippen LogP contribution is 2.32. The number of aliphatic hydroxyl groups is 2. The number of hydrogen-bond donors (Lipinski definition) is 2. The molecule has 0 radical (unpaired) electrons. The van der Waals surface area contributed by atoms with E-state index >= 15 is 0 Å². The summed E-state index contributed by atoms with van der Waals surface area (Å²) in [6.45, 7) is 2.15. The van der Waals surface area contributed by atoms with E-state index in [0.29, 0.717) is 30.9 Å². The molecule has 0 spiro atoms. The molecule has 2 heterocycles. The molecule has 6 nitrogen and oxygen atoms in total. The minimum atomic E-state index is -0.830. The highest BCUT2D eigenvalue weighted by Gasteiger charge is 2.34. The first kappa shape index (κ1) is 18.6. The van der Waals surface area contributed by atoms with Crippen molar-refractivity contribution >= 4 is 0 Å². The quantitative estimate of drug-likeness (QED) is 0.786. The van der Waals surface area contributed by atoms with Crippen LogP contribution in [0.4, 0.5) is 0 Å². The van der Waals surface area contributed by atoms with Gasteiger partial charge in [-0.25, -0.2) is 0 Å². The number of rotatable bonds is 7. The standard InChI is InChI=1S/C20H26N2O4/c1-25-18-6-2-3-7-19(18)26-15-17(23)14-22-11-8-20(24,9-12-22)16-5-4-10-21-13-16/h2-7,10,13,17,23-24H,8-9,11-12,14-15H2,1H3. The smallest absolute Gasteiger partial charge is 0.161 e. The SMILES string of the molecule is COc1ccccc1OCC(O)CN1CCC(O)(c2cccnc2)CC1. The van der Waals surface area contributed by atoms with Crippen LogP contribution in [0, 0.1) is 0 Å². The second-order valence-corrected chi connectivity index (χ2v) is 6.69. The van der Waals surface area contributed by atoms with Crippen LogP contribution < -0.4 is 9.47 Å². The van der Waals surface area contributed by atoms with E-state index in [2.05, 4.69) is 9.88 Å². The van der Waals surface area contributed by atoms with Crippen molar-refractivity contribution < 1.29 is 19.7 Å². The largest absolute Gasteiger partial charge is 0.493 e. The Bertz CT molecular complexity index is 687. The molecule has 140 valence electrons. The summed E-state index contributed by atoms with van der Waals surface area (Å²) >= 11 is 0. The number of aliphatic hydroxyl groups excluding tert-OH is 1. The predicted octanol–water partition coefficient (Wildman–Crippen LogP) is 1.81. The molecular weight excluding hydrogens is 332 g/mol. The average molecular weight is 358 g/mol. The molecule has 1 aromatic heterocycles. The van der Waals surface area contributed by atoms with Gasteiger partial charge in [0.1, 0.15) is 12.7 Å². The second kappa shape index (κ2) is 8.49. The number of para-hydroxylation sites is 2. The van der Waals surface area contributed by atoms with Gasteiger partial charge in [-0.1, -0.05) is 18.2 Å². The molecule has 1 atom stereocenters. The summed E-state index contributed by atoms with van der Waals surface area (Å²) in [7, 11) is 1.59. The first-order chi connectivity index (χ1) is 12.6. The van der Waals surface area contributed by atoms with Crippen LogP contribution in [0.3, 0.4) is 0 Å². The normalized spacial score (nSPS) is 18.3. The van der Waals surface area contributed by atoms with Gasteiger partial charge in [0, 0.05) is 37.6 Å². The van der Waals surface area contributed by atoms with Gasteiger partial charge in [0.15, 0.2) is 11.5 Å². The van der Waals surface area contributed by atoms with E-state index in [1.165, 1.54) is 0 Å². The third-order valence-corrected chi connectivity index (χ3v) is 4.85. The van der Waals surface area contributed by atoms with Crippen LogP contribution in [0.25, 0.3) is 0 Å². The number of hydrogen-bond acceptors (Lipinski definition) is 6. The molecule has 1 unspecified atom stereocenters. The zero-order valence-corrected chi connectivity index (χ0v) is 15.0. The lowest BCUT2D eigenvalue weighted by Gasteiger charge is -2.39. The molecule has 1 aliphatic rings. The Kier molecular flexibility index (Phi) is 6.08. The maximum Gasteiger partial charge on any atom is 0.161 e. The number of likely N-dealkylation sites (tertiary alicyclic amines) is 1. The van der Waals surface area contributed by atoms with Gasteiger partial charge in [0.2, 0.25) is 0 Å². The fourth-order valence-electron chi connectivity index (χ4n) is 3.31. The van der Waals surface area contributed by atoms with Crippen molar-refractivity contribution in [3.63, 3.8) is 0 Å². The number of ether oxygens (including phenoxy) is 2. The molecule has 0 bridgehead atoms. The Morgan fingerprint density at radius 2 is 1.88 bits per heavy atom. The first-order valence-corrected chi connectivity index (χ1v) is 8.90. The van der Waals surface area contributed by atoms with E-state index in [0.717, 1.165) is 18.7 Å². The molecule has 1 saturated heterocycles. The molecule has 2 N–H and O–H groups in total. The van der Waals surface area contributed by atoms with Crippen molar-refractivity contribution in [3.8, 4) is 11.5 Å². The number of nitrogens with zero attached hydrogens (tertiary/aromatic N) is 2. The van der Waals surface area contributed by atoms with Crippen molar-refractivity contribution in [2.75, 3.05) is 33.4 Å². The summed E-state index contributed by atoms with van der Waals surface area (Å²) in [4.78, 5) is 6.25. The van der Waals surface area contributed by atoms with Gasteiger partial charge < -0.3 is 24.6 Å². The molecule has 1 fully saturated rings. The van der Waals surface area contributed by atoms with E-state index < -0.39 is 11.7 Å². The lowest BCUT2D eigenvalue weighted by Crippen LogP contribution is -2.46. The minimum Gasteiger partial charge on any atom is -0.493 e. The fourth-order valence-corrected chi connectivity index (χ4v) is 3.31. The third-order valence-electron chi connectivity index (χ3n) is 4.85. The van der Waals surface area contributed by atoms with E-state index in [4.69, 9.17) is 9.47 Å². The van der Waals surface area contributed by atoms with Crippen LogP contribution in [0.2, 0.25) is 0 Å². The number of piperidine rings is 1. The molecule has 2 aromatic rings. The Balaban J connectivity index is 1.47. The molecule has 3 rings (SSSR count). The van der Waals surface area contributed by atoms with E-state index in [-0.39, 0.29) is 6.61 Å². The van der Waals surface area contributed by atoms with Crippen LogP contribution in [0.1, 0.15) is 18.4 Å². The van der Waals surface area contributed by atoms with Crippen LogP contribution in [0.15, 0.2) is 48.8 Å². The van der Waals surface area contributed by atoms with Crippen molar-refractivity contribution in [1.29, 1.82) is 0 Å². The summed E-state index contributed by atoms with van der Waals surface area (Å²) in [5.74, 6) is 1.28. The lowest BCUT2D eigenvalue weighted by molar-refractivity contribution is -0.0375. The Labute approximate surface area is 154 Å². The maximum atomic E-state index is 10.8. The van der Waals surface area contributed by atoms with Crippen LogP contribution in [-0.4, -0.2) is 59.6 Å². The predicted molar refractivity (Wildman–Crippen MR) is 98.3 cm³/mol. The summed E-state index contributed by atoms with van der Waals surface area (Å²) in [6.07, 6.45) is 4.08. The van der Waals surface area contributed by atoms with Crippen LogP contribution in [-0.2, 0) is 5.60 Å². The Hall–Kier alpha value is -2.15. The molecule has 1 aromatic carbocycles. The molecular formula is C20H26N2O4. The van der Waals surface area contributed by atoms with Gasteiger partial charge >= 0.3 is 0 Å². The second-order valence-electron chi connectivity index (χ2n) is 6.69. The monoisotopic (exact) mass is 358 g/mol. The Morgan fingerprint density at radius 3 is 2.54 bits per heavy atom. The highest BCUT2D eigenvalue weighted by atomic mass is 16.5. The average Bonchev–Trinajstić information content (AvgIpc) is 2.69. The molecule has 0 saturated carbocycles. The third kappa shape index (κ3) is 4.52. The Morgan fingerprint density at radius 1 is 1.15 bits per heavy atom. The number of aromatic nitrogens is 1. The molecule has 0 aliphatic carbocycles. The molecule has 6 heteroatoms. The van der Waals surface area contributed by atoms with Crippen molar-refractivity contribution in [3.05, 3.63) is 54.4 Å². The summed E-state index contributed by atoms with van der Waals surface area (Å²) in [5, 5.41) is 21.1. The van der Waals surface area contributed by atoms with E-state index in [1.54, 1.807) is 19.5 Å². The van der Waals surface area contributed by atoms with Crippen molar-refractivity contribution in [2.45, 2.75) is 24.5 Å². The van der Waals surface area contributed by atoms with E-state index in [9.17, 15) is 10.2 Å².